The summed E-state index contributed by atoms with van der Waals surface area (Å²) < 4.78 is 11.0. The molecule has 3 heteroatoms. The highest BCUT2D eigenvalue weighted by atomic mass is 16.7. The Balaban J connectivity index is 2.16. The number of piperidine rings is 1. The molecule has 0 bridgehead atoms. The molecule has 1 heterocycles. The van der Waals surface area contributed by atoms with Gasteiger partial charge in [0.15, 0.2) is 6.79 Å². The summed E-state index contributed by atoms with van der Waals surface area (Å²) in [5.41, 5.74) is 6.14. The predicted octanol–water partition coefficient (Wildman–Crippen LogP) is 5.44. The monoisotopic (exact) mass is 351 g/mol. The molecule has 3 nitrogen and oxygen atoms in total. The van der Waals surface area contributed by atoms with Gasteiger partial charge in [0, 0.05) is 18.7 Å². The molecule has 0 spiro atoms. The number of rotatable bonds is 6. The molecule has 0 aliphatic carbocycles. The first-order valence-corrected chi connectivity index (χ1v) is 9.34. The van der Waals surface area contributed by atoms with E-state index >= 15 is 0 Å². The van der Waals surface area contributed by atoms with Gasteiger partial charge in [0.2, 0.25) is 0 Å². The van der Waals surface area contributed by atoms with Crippen molar-refractivity contribution in [2.75, 3.05) is 27.5 Å². The van der Waals surface area contributed by atoms with Gasteiger partial charge < -0.3 is 9.47 Å². The van der Waals surface area contributed by atoms with Crippen LogP contribution in [0.15, 0.2) is 43.0 Å². The van der Waals surface area contributed by atoms with Gasteiger partial charge in [0.25, 0.3) is 0 Å². The van der Waals surface area contributed by atoms with E-state index in [0.717, 1.165) is 17.9 Å². The third-order valence-corrected chi connectivity index (χ3v) is 5.22. The van der Waals surface area contributed by atoms with Gasteiger partial charge in [-0.2, -0.15) is 0 Å². The smallest absolute Gasteiger partial charge is 0.188 e. The number of ether oxygens (including phenoxy) is 2. The van der Waals surface area contributed by atoms with Crippen LogP contribution in [0.1, 0.15) is 42.0 Å². The zero-order valence-electron chi connectivity index (χ0n) is 16.1. The molecule has 26 heavy (non-hydrogen) atoms. The SMILES string of the molecule is C=Cc1cccc(-c2cc(C)ccc2OCOC)c1C1CCCCN1C. The maximum atomic E-state index is 5.88. The zero-order chi connectivity index (χ0) is 18.5. The van der Waals surface area contributed by atoms with Crippen LogP contribution >= 0.6 is 0 Å². The summed E-state index contributed by atoms with van der Waals surface area (Å²) in [4.78, 5) is 2.47. The van der Waals surface area contributed by atoms with E-state index in [1.807, 2.05) is 12.1 Å². The number of hydrogen-bond acceptors (Lipinski definition) is 3. The first kappa shape index (κ1) is 18.7. The average molecular weight is 351 g/mol. The maximum Gasteiger partial charge on any atom is 0.188 e. The second-order valence-corrected chi connectivity index (χ2v) is 7.06. The molecule has 2 aromatic rings. The van der Waals surface area contributed by atoms with E-state index in [1.54, 1.807) is 7.11 Å². The second kappa shape index (κ2) is 8.52. The fourth-order valence-electron chi connectivity index (χ4n) is 3.91. The van der Waals surface area contributed by atoms with Crippen LogP contribution in [0.5, 0.6) is 5.75 Å². The summed E-state index contributed by atoms with van der Waals surface area (Å²) in [6.07, 6.45) is 5.69. The van der Waals surface area contributed by atoms with Crippen LogP contribution in [0.25, 0.3) is 17.2 Å². The summed E-state index contributed by atoms with van der Waals surface area (Å²) in [5, 5.41) is 0. The largest absolute Gasteiger partial charge is 0.467 e. The van der Waals surface area contributed by atoms with Crippen molar-refractivity contribution in [1.82, 2.24) is 4.90 Å². The molecule has 2 aromatic carbocycles. The lowest BCUT2D eigenvalue weighted by molar-refractivity contribution is 0.0515. The molecule has 0 radical (unpaired) electrons. The van der Waals surface area contributed by atoms with E-state index in [4.69, 9.17) is 9.47 Å². The molecule has 138 valence electrons. The minimum atomic E-state index is 0.246. The van der Waals surface area contributed by atoms with Gasteiger partial charge in [-0.25, -0.2) is 0 Å². The molecule has 3 rings (SSSR count). The molecular weight excluding hydrogens is 322 g/mol. The van der Waals surface area contributed by atoms with Crippen molar-refractivity contribution in [3.8, 4) is 16.9 Å². The number of nitrogens with zero attached hydrogens (tertiary/aromatic N) is 1. The Bertz CT molecular complexity index is 769. The van der Waals surface area contributed by atoms with Gasteiger partial charge in [-0.05, 0) is 62.2 Å². The van der Waals surface area contributed by atoms with E-state index in [1.165, 1.54) is 41.5 Å². The molecule has 1 aliphatic heterocycles. The minimum Gasteiger partial charge on any atom is -0.467 e. The van der Waals surface area contributed by atoms with Crippen molar-refractivity contribution in [3.05, 3.63) is 59.7 Å². The number of benzene rings is 2. The molecule has 1 unspecified atom stereocenters. The number of methoxy groups -OCH3 is 1. The second-order valence-electron chi connectivity index (χ2n) is 7.06. The van der Waals surface area contributed by atoms with Crippen molar-refractivity contribution in [3.63, 3.8) is 0 Å². The first-order chi connectivity index (χ1) is 12.7. The fraction of sp³-hybridized carbons (Fsp3) is 0.391. The Morgan fingerprint density at radius 3 is 2.77 bits per heavy atom. The lowest BCUT2D eigenvalue weighted by atomic mass is 9.85. The van der Waals surface area contributed by atoms with Crippen LogP contribution in [0.3, 0.4) is 0 Å². The summed E-state index contributed by atoms with van der Waals surface area (Å²) in [6, 6.07) is 13.2. The number of likely N-dealkylation sites (tertiary alicyclic amines) is 1. The van der Waals surface area contributed by atoms with Gasteiger partial charge in [0.1, 0.15) is 5.75 Å². The lowest BCUT2D eigenvalue weighted by Crippen LogP contribution is -2.30. The summed E-state index contributed by atoms with van der Waals surface area (Å²) >= 11 is 0. The number of aryl methyl sites for hydroxylation is 1. The van der Waals surface area contributed by atoms with E-state index < -0.39 is 0 Å². The van der Waals surface area contributed by atoms with Crippen molar-refractivity contribution < 1.29 is 9.47 Å². The van der Waals surface area contributed by atoms with Gasteiger partial charge in [0.05, 0.1) is 0 Å². The van der Waals surface area contributed by atoms with Crippen LogP contribution in [0.4, 0.5) is 0 Å². The Labute approximate surface area is 157 Å². The van der Waals surface area contributed by atoms with Crippen LogP contribution in [0.2, 0.25) is 0 Å². The van der Waals surface area contributed by atoms with Gasteiger partial charge in [-0.3, -0.25) is 4.90 Å². The van der Waals surface area contributed by atoms with Crippen LogP contribution in [-0.4, -0.2) is 32.4 Å². The minimum absolute atomic E-state index is 0.246. The quantitative estimate of drug-likeness (QED) is 0.646. The first-order valence-electron chi connectivity index (χ1n) is 9.34. The highest BCUT2D eigenvalue weighted by Gasteiger charge is 2.26. The molecule has 0 aromatic heterocycles. The standard InChI is InChI=1S/C23H29NO2/c1-5-18-9-8-10-19(23(18)21-11-6-7-14-24(21)3)20-15-17(2)12-13-22(20)26-16-25-4/h5,8-10,12-13,15,21H,1,6-7,11,14,16H2,2-4H3. The number of hydrogen-bond donors (Lipinski definition) is 0. The van der Waals surface area contributed by atoms with Crippen LogP contribution in [0, 0.1) is 6.92 Å². The van der Waals surface area contributed by atoms with Crippen LogP contribution in [-0.2, 0) is 4.74 Å². The van der Waals surface area contributed by atoms with E-state index in [9.17, 15) is 0 Å². The van der Waals surface area contributed by atoms with E-state index in [2.05, 4.69) is 55.8 Å². The average Bonchev–Trinajstić information content (AvgIpc) is 2.67. The molecule has 1 fully saturated rings. The zero-order valence-corrected chi connectivity index (χ0v) is 16.1. The fourth-order valence-corrected chi connectivity index (χ4v) is 3.91. The third kappa shape index (κ3) is 3.84. The normalized spacial score (nSPS) is 17.9. The highest BCUT2D eigenvalue weighted by molar-refractivity contribution is 5.78. The molecule has 1 saturated heterocycles. The molecular formula is C23H29NO2. The van der Waals surface area contributed by atoms with Gasteiger partial charge in [-0.15, -0.1) is 0 Å². The van der Waals surface area contributed by atoms with Crippen molar-refractivity contribution in [2.24, 2.45) is 0 Å². The summed E-state index contributed by atoms with van der Waals surface area (Å²) in [6.45, 7) is 7.57. The Morgan fingerprint density at radius 1 is 1.19 bits per heavy atom. The molecule has 0 N–H and O–H groups in total. The molecule has 0 amide bonds. The maximum absolute atomic E-state index is 5.88. The molecule has 1 aliphatic rings. The van der Waals surface area contributed by atoms with E-state index in [-0.39, 0.29) is 6.79 Å². The lowest BCUT2D eigenvalue weighted by Gasteiger charge is -2.35. The third-order valence-electron chi connectivity index (χ3n) is 5.22. The Morgan fingerprint density at radius 2 is 2.04 bits per heavy atom. The van der Waals surface area contributed by atoms with Crippen LogP contribution < -0.4 is 4.74 Å². The van der Waals surface area contributed by atoms with Crippen molar-refractivity contribution >= 4 is 6.08 Å². The highest BCUT2D eigenvalue weighted by Crippen LogP contribution is 2.41. The Kier molecular flexibility index (Phi) is 6.12. The summed E-state index contributed by atoms with van der Waals surface area (Å²) in [5.74, 6) is 0.860. The van der Waals surface area contributed by atoms with Crippen molar-refractivity contribution in [2.45, 2.75) is 32.2 Å². The summed E-state index contributed by atoms with van der Waals surface area (Å²) in [7, 11) is 3.88. The predicted molar refractivity (Wildman–Crippen MR) is 108 cm³/mol. The molecule has 0 saturated carbocycles. The molecule has 1 atom stereocenters. The van der Waals surface area contributed by atoms with Crippen molar-refractivity contribution in [1.29, 1.82) is 0 Å². The topological polar surface area (TPSA) is 21.7 Å². The van der Waals surface area contributed by atoms with Gasteiger partial charge >= 0.3 is 0 Å². The Hall–Kier alpha value is -2.10. The van der Waals surface area contributed by atoms with E-state index in [0.29, 0.717) is 6.04 Å². The van der Waals surface area contributed by atoms with Gasteiger partial charge in [-0.1, -0.05) is 48.9 Å².